The van der Waals surface area contributed by atoms with E-state index < -0.39 is 12.0 Å². The molecule has 2 aromatic rings. The van der Waals surface area contributed by atoms with E-state index in [0.29, 0.717) is 10.7 Å². The molecule has 4 nitrogen and oxygen atoms in total. The van der Waals surface area contributed by atoms with Gasteiger partial charge >= 0.3 is 5.97 Å². The number of cyclic esters (lactones) is 1. The average Bonchev–Trinajstić information content (AvgIpc) is 2.92. The van der Waals surface area contributed by atoms with Crippen molar-refractivity contribution in [3.05, 3.63) is 65.2 Å². The highest BCUT2D eigenvalue weighted by molar-refractivity contribution is 6.30. The molecule has 3 rings (SSSR count). The van der Waals surface area contributed by atoms with E-state index in [0.717, 1.165) is 5.56 Å². The number of benzene rings is 2. The first-order valence-electron chi connectivity index (χ1n) is 6.94. The minimum Gasteiger partial charge on any atom is -0.457 e. The van der Waals surface area contributed by atoms with Crippen molar-refractivity contribution >= 4 is 29.2 Å². The summed E-state index contributed by atoms with van der Waals surface area (Å²) in [5.41, 5.74) is 1.46. The number of anilines is 1. The number of carbonyl (C=O) groups is 2. The molecular formula is C17H14ClNO3. The van der Waals surface area contributed by atoms with Crippen LogP contribution < -0.4 is 5.32 Å². The Kier molecular flexibility index (Phi) is 4.11. The van der Waals surface area contributed by atoms with Gasteiger partial charge in [0.25, 0.3) is 0 Å². The second-order valence-electron chi connectivity index (χ2n) is 5.13. The minimum atomic E-state index is -0.541. The van der Waals surface area contributed by atoms with E-state index >= 15 is 0 Å². The molecule has 1 heterocycles. The molecule has 22 heavy (non-hydrogen) atoms. The van der Waals surface area contributed by atoms with Crippen LogP contribution >= 0.6 is 11.6 Å². The highest BCUT2D eigenvalue weighted by atomic mass is 35.5. The lowest BCUT2D eigenvalue weighted by Crippen LogP contribution is -2.25. The van der Waals surface area contributed by atoms with Crippen molar-refractivity contribution in [3.8, 4) is 0 Å². The number of carbonyl (C=O) groups excluding carboxylic acids is 2. The molecule has 0 spiro atoms. The second-order valence-corrected chi connectivity index (χ2v) is 5.56. The molecule has 2 aromatic carbocycles. The molecule has 2 unspecified atom stereocenters. The molecule has 2 atom stereocenters. The highest BCUT2D eigenvalue weighted by Gasteiger charge is 2.40. The van der Waals surface area contributed by atoms with Gasteiger partial charge in [-0.1, -0.05) is 41.9 Å². The van der Waals surface area contributed by atoms with Gasteiger partial charge < -0.3 is 10.1 Å². The first-order valence-corrected chi connectivity index (χ1v) is 7.32. The van der Waals surface area contributed by atoms with Gasteiger partial charge in [-0.25, -0.2) is 0 Å². The fourth-order valence-electron chi connectivity index (χ4n) is 2.50. The van der Waals surface area contributed by atoms with Gasteiger partial charge in [0, 0.05) is 10.7 Å². The largest absolute Gasteiger partial charge is 0.457 e. The maximum atomic E-state index is 12.5. The van der Waals surface area contributed by atoms with Crippen molar-refractivity contribution in [1.82, 2.24) is 0 Å². The summed E-state index contributed by atoms with van der Waals surface area (Å²) in [4.78, 5) is 24.1. The molecule has 1 amide bonds. The number of nitrogens with one attached hydrogen (secondary N) is 1. The van der Waals surface area contributed by atoms with E-state index in [1.165, 1.54) is 0 Å². The number of rotatable bonds is 3. The normalized spacial score (nSPS) is 20.5. The SMILES string of the molecule is O=C1CC(C(=O)Nc2ccc(Cl)cc2)C(c2ccccc2)O1. The third kappa shape index (κ3) is 3.12. The van der Waals surface area contributed by atoms with E-state index in [1.54, 1.807) is 24.3 Å². The van der Waals surface area contributed by atoms with Gasteiger partial charge in [0.1, 0.15) is 6.10 Å². The monoisotopic (exact) mass is 315 g/mol. The molecule has 1 N–H and O–H groups in total. The molecule has 0 bridgehead atoms. The summed E-state index contributed by atoms with van der Waals surface area (Å²) in [5.74, 6) is -1.13. The zero-order valence-electron chi connectivity index (χ0n) is 11.7. The standard InChI is InChI=1S/C17H14ClNO3/c18-12-6-8-13(9-7-12)19-17(21)14-10-15(20)22-16(14)11-4-2-1-3-5-11/h1-9,14,16H,10H2,(H,19,21). The minimum absolute atomic E-state index is 0.0823. The van der Waals surface area contributed by atoms with Crippen LogP contribution in [0.25, 0.3) is 0 Å². The number of hydrogen-bond donors (Lipinski definition) is 1. The number of halogens is 1. The molecule has 0 aromatic heterocycles. The van der Waals surface area contributed by atoms with E-state index in [4.69, 9.17) is 16.3 Å². The Hall–Kier alpha value is -2.33. The predicted molar refractivity (Wildman–Crippen MR) is 83.5 cm³/mol. The third-order valence-corrected chi connectivity index (χ3v) is 3.84. The number of amides is 1. The predicted octanol–water partition coefficient (Wildman–Crippen LogP) is 3.58. The molecule has 1 aliphatic rings. The summed E-state index contributed by atoms with van der Waals surface area (Å²) in [6.07, 6.45) is -0.458. The number of ether oxygens (including phenoxy) is 1. The Balaban J connectivity index is 1.78. The Bertz CT molecular complexity index is 685. The van der Waals surface area contributed by atoms with Crippen molar-refractivity contribution < 1.29 is 14.3 Å². The lowest BCUT2D eigenvalue weighted by atomic mass is 9.94. The Morgan fingerprint density at radius 1 is 1.09 bits per heavy atom. The lowest BCUT2D eigenvalue weighted by molar-refractivity contribution is -0.141. The second kappa shape index (κ2) is 6.20. The fraction of sp³-hybridized carbons (Fsp3) is 0.176. The van der Waals surface area contributed by atoms with E-state index in [1.807, 2.05) is 30.3 Å². The smallest absolute Gasteiger partial charge is 0.307 e. The van der Waals surface area contributed by atoms with Gasteiger partial charge in [0.15, 0.2) is 0 Å². The molecule has 5 heteroatoms. The van der Waals surface area contributed by atoms with E-state index in [-0.39, 0.29) is 18.3 Å². The maximum Gasteiger partial charge on any atom is 0.307 e. The Morgan fingerprint density at radius 3 is 2.45 bits per heavy atom. The van der Waals surface area contributed by atoms with Crippen LogP contribution in [0.5, 0.6) is 0 Å². The summed E-state index contributed by atoms with van der Waals surface area (Å²) in [6, 6.07) is 16.1. The molecule has 0 saturated carbocycles. The average molecular weight is 316 g/mol. The number of esters is 1. The summed E-state index contributed by atoms with van der Waals surface area (Å²) >= 11 is 5.82. The summed E-state index contributed by atoms with van der Waals surface area (Å²) < 4.78 is 5.32. The van der Waals surface area contributed by atoms with Crippen LogP contribution in [-0.4, -0.2) is 11.9 Å². The van der Waals surface area contributed by atoms with Crippen molar-refractivity contribution in [2.24, 2.45) is 5.92 Å². The summed E-state index contributed by atoms with van der Waals surface area (Å²) in [7, 11) is 0. The van der Waals surface area contributed by atoms with E-state index in [2.05, 4.69) is 5.32 Å². The van der Waals surface area contributed by atoms with E-state index in [9.17, 15) is 9.59 Å². The maximum absolute atomic E-state index is 12.5. The van der Waals surface area contributed by atoms with Crippen molar-refractivity contribution in [1.29, 1.82) is 0 Å². The molecule has 112 valence electrons. The van der Waals surface area contributed by atoms with Crippen molar-refractivity contribution in [3.63, 3.8) is 0 Å². The van der Waals surface area contributed by atoms with Gasteiger partial charge in [-0.05, 0) is 29.8 Å². The van der Waals surface area contributed by atoms with Gasteiger partial charge in [-0.15, -0.1) is 0 Å². The van der Waals surface area contributed by atoms with Crippen LogP contribution in [0.4, 0.5) is 5.69 Å². The topological polar surface area (TPSA) is 55.4 Å². The Labute approximate surface area is 133 Å². The fourth-order valence-corrected chi connectivity index (χ4v) is 2.63. The molecule has 0 aliphatic carbocycles. The molecule has 1 fully saturated rings. The van der Waals surface area contributed by atoms with Gasteiger partial charge in [-0.3, -0.25) is 9.59 Å². The zero-order chi connectivity index (χ0) is 15.5. The quantitative estimate of drug-likeness (QED) is 0.881. The zero-order valence-corrected chi connectivity index (χ0v) is 12.4. The van der Waals surface area contributed by atoms with Crippen LogP contribution in [0.1, 0.15) is 18.1 Å². The van der Waals surface area contributed by atoms with Gasteiger partial charge in [-0.2, -0.15) is 0 Å². The first-order chi connectivity index (χ1) is 10.6. The van der Waals surface area contributed by atoms with Crippen molar-refractivity contribution in [2.45, 2.75) is 12.5 Å². The summed E-state index contributed by atoms with van der Waals surface area (Å²) in [6.45, 7) is 0. The Morgan fingerprint density at radius 2 is 1.77 bits per heavy atom. The lowest BCUT2D eigenvalue weighted by Gasteiger charge is -2.17. The van der Waals surface area contributed by atoms with Crippen molar-refractivity contribution in [2.75, 3.05) is 5.32 Å². The van der Waals surface area contributed by atoms with Crippen LogP contribution in [0.2, 0.25) is 5.02 Å². The molecular weight excluding hydrogens is 302 g/mol. The summed E-state index contributed by atoms with van der Waals surface area (Å²) in [5, 5.41) is 3.40. The van der Waals surface area contributed by atoms with Crippen LogP contribution in [0.15, 0.2) is 54.6 Å². The third-order valence-electron chi connectivity index (χ3n) is 3.59. The first kappa shape index (κ1) is 14.6. The van der Waals surface area contributed by atoms with Crippen LogP contribution in [0, 0.1) is 5.92 Å². The molecule has 1 saturated heterocycles. The van der Waals surface area contributed by atoms with Gasteiger partial charge in [0.05, 0.1) is 12.3 Å². The van der Waals surface area contributed by atoms with Gasteiger partial charge in [0.2, 0.25) is 5.91 Å². The number of hydrogen-bond acceptors (Lipinski definition) is 3. The molecule has 0 radical (unpaired) electrons. The highest BCUT2D eigenvalue weighted by Crippen LogP contribution is 2.36. The van der Waals surface area contributed by atoms with Crippen LogP contribution in [0.3, 0.4) is 0 Å². The molecule has 1 aliphatic heterocycles. The van der Waals surface area contributed by atoms with Crippen LogP contribution in [-0.2, 0) is 14.3 Å².